The zero-order valence-corrected chi connectivity index (χ0v) is 10.8. The Morgan fingerprint density at radius 2 is 2.11 bits per heavy atom. The summed E-state index contributed by atoms with van der Waals surface area (Å²) in [5, 5.41) is 22.3. The first-order valence-corrected chi connectivity index (χ1v) is 6.05. The van der Waals surface area contributed by atoms with Crippen LogP contribution in [-0.4, -0.2) is 33.8 Å². The number of aromatic nitrogens is 1. The van der Waals surface area contributed by atoms with E-state index < -0.39 is 12.1 Å². The number of nitrogens with one attached hydrogen (secondary N) is 1. The maximum absolute atomic E-state index is 11.4. The molecule has 5 nitrogen and oxygen atoms in total. The summed E-state index contributed by atoms with van der Waals surface area (Å²) in [4.78, 5) is 15.7. The van der Waals surface area contributed by atoms with Gasteiger partial charge in [0.15, 0.2) is 0 Å². The highest BCUT2D eigenvalue weighted by Gasteiger charge is 2.17. The second-order valence-corrected chi connectivity index (χ2v) is 4.51. The third-order valence-electron chi connectivity index (χ3n) is 2.93. The van der Waals surface area contributed by atoms with Crippen molar-refractivity contribution in [2.45, 2.75) is 20.0 Å². The van der Waals surface area contributed by atoms with Crippen LogP contribution in [0, 0.1) is 6.92 Å². The summed E-state index contributed by atoms with van der Waals surface area (Å²) < 4.78 is 0. The van der Waals surface area contributed by atoms with Crippen LogP contribution in [0.5, 0.6) is 0 Å². The van der Waals surface area contributed by atoms with Crippen LogP contribution in [0.15, 0.2) is 24.3 Å². The summed E-state index contributed by atoms with van der Waals surface area (Å²) in [7, 11) is 0. The molecule has 0 aliphatic rings. The minimum atomic E-state index is -1.02. The number of carboxylic acids is 1. The molecule has 0 aliphatic carbocycles. The molecule has 1 aromatic heterocycles. The van der Waals surface area contributed by atoms with E-state index in [1.807, 2.05) is 24.3 Å². The van der Waals surface area contributed by atoms with Crippen molar-refractivity contribution in [1.29, 1.82) is 0 Å². The minimum Gasteiger partial charge on any atom is -0.478 e. The standard InChI is InChI=1S/C14H16N2O3/c1-8(17)7-15-13-12(14(18)19)9(2)10-5-3-4-6-11(10)16-13/h3-6,8,17H,7H2,1-2H3,(H,15,16)(H,18,19)/t8-/m0/s1. The van der Waals surface area contributed by atoms with Crippen molar-refractivity contribution < 1.29 is 15.0 Å². The number of carbonyl (C=O) groups is 1. The predicted molar refractivity (Wildman–Crippen MR) is 73.6 cm³/mol. The van der Waals surface area contributed by atoms with Gasteiger partial charge in [0.05, 0.1) is 11.6 Å². The fourth-order valence-corrected chi connectivity index (χ4v) is 2.01. The number of aliphatic hydroxyl groups is 1. The van der Waals surface area contributed by atoms with Crippen molar-refractivity contribution >= 4 is 22.7 Å². The molecule has 2 rings (SSSR count). The lowest BCUT2D eigenvalue weighted by Crippen LogP contribution is -2.19. The molecular formula is C14H16N2O3. The number of fused-ring (bicyclic) bond motifs is 1. The zero-order valence-electron chi connectivity index (χ0n) is 10.8. The van der Waals surface area contributed by atoms with Gasteiger partial charge in [-0.2, -0.15) is 0 Å². The predicted octanol–water partition coefficient (Wildman–Crippen LogP) is 2.03. The molecule has 2 aromatic rings. The number of hydrogen-bond acceptors (Lipinski definition) is 4. The minimum absolute atomic E-state index is 0.152. The first-order chi connectivity index (χ1) is 9.00. The molecule has 100 valence electrons. The van der Waals surface area contributed by atoms with E-state index in [2.05, 4.69) is 10.3 Å². The molecule has 1 aromatic carbocycles. The Hall–Kier alpha value is -2.14. The van der Waals surface area contributed by atoms with E-state index in [9.17, 15) is 15.0 Å². The number of rotatable bonds is 4. The van der Waals surface area contributed by atoms with Crippen molar-refractivity contribution in [1.82, 2.24) is 4.98 Å². The molecule has 0 fully saturated rings. The van der Waals surface area contributed by atoms with Crippen LogP contribution in [0.2, 0.25) is 0 Å². The van der Waals surface area contributed by atoms with Crippen molar-refractivity contribution in [2.24, 2.45) is 0 Å². The van der Waals surface area contributed by atoms with Crippen molar-refractivity contribution in [3.8, 4) is 0 Å². The molecule has 3 N–H and O–H groups in total. The van der Waals surface area contributed by atoms with E-state index in [1.165, 1.54) is 0 Å². The summed E-state index contributed by atoms with van der Waals surface area (Å²) in [6, 6.07) is 7.39. The van der Waals surface area contributed by atoms with Gasteiger partial charge in [-0.1, -0.05) is 18.2 Å². The number of nitrogens with zero attached hydrogens (tertiary/aromatic N) is 1. The lowest BCUT2D eigenvalue weighted by atomic mass is 10.0. The van der Waals surface area contributed by atoms with Gasteiger partial charge < -0.3 is 15.5 Å². The zero-order chi connectivity index (χ0) is 14.0. The highest BCUT2D eigenvalue weighted by atomic mass is 16.4. The molecule has 0 aliphatic heterocycles. The Kier molecular flexibility index (Phi) is 3.66. The topological polar surface area (TPSA) is 82.5 Å². The largest absolute Gasteiger partial charge is 0.478 e. The van der Waals surface area contributed by atoms with Gasteiger partial charge in [0.1, 0.15) is 11.4 Å². The maximum Gasteiger partial charge on any atom is 0.339 e. The quantitative estimate of drug-likeness (QED) is 0.783. The number of hydrogen-bond donors (Lipinski definition) is 3. The molecule has 0 radical (unpaired) electrons. The first kappa shape index (κ1) is 13.3. The van der Waals surface area contributed by atoms with E-state index >= 15 is 0 Å². The Bertz CT molecular complexity index is 623. The van der Waals surface area contributed by atoms with Crippen LogP contribution in [-0.2, 0) is 0 Å². The van der Waals surface area contributed by atoms with E-state index in [0.717, 1.165) is 10.9 Å². The van der Waals surface area contributed by atoms with Crippen molar-refractivity contribution in [2.75, 3.05) is 11.9 Å². The van der Waals surface area contributed by atoms with Gasteiger partial charge in [-0.3, -0.25) is 0 Å². The number of pyridine rings is 1. The van der Waals surface area contributed by atoms with Gasteiger partial charge in [0.25, 0.3) is 0 Å². The molecule has 0 amide bonds. The number of aryl methyl sites for hydroxylation is 1. The van der Waals surface area contributed by atoms with Gasteiger partial charge in [0, 0.05) is 11.9 Å². The average Bonchev–Trinajstić information content (AvgIpc) is 2.36. The fraction of sp³-hybridized carbons (Fsp3) is 0.286. The number of aromatic carboxylic acids is 1. The maximum atomic E-state index is 11.4. The van der Waals surface area contributed by atoms with E-state index in [-0.39, 0.29) is 12.1 Å². The first-order valence-electron chi connectivity index (χ1n) is 6.05. The molecule has 0 spiro atoms. The van der Waals surface area contributed by atoms with Crippen LogP contribution in [0.3, 0.4) is 0 Å². The molecule has 0 saturated carbocycles. The highest BCUT2D eigenvalue weighted by Crippen LogP contribution is 2.25. The van der Waals surface area contributed by atoms with E-state index in [4.69, 9.17) is 0 Å². The second kappa shape index (κ2) is 5.24. The number of anilines is 1. The molecule has 0 unspecified atom stereocenters. The van der Waals surface area contributed by atoms with E-state index in [0.29, 0.717) is 11.4 Å². The lowest BCUT2D eigenvalue weighted by molar-refractivity contribution is 0.0697. The third kappa shape index (κ3) is 2.66. The van der Waals surface area contributed by atoms with Gasteiger partial charge >= 0.3 is 5.97 Å². The van der Waals surface area contributed by atoms with Crippen molar-refractivity contribution in [3.63, 3.8) is 0 Å². The lowest BCUT2D eigenvalue weighted by Gasteiger charge is -2.14. The van der Waals surface area contributed by atoms with Crippen LogP contribution < -0.4 is 5.32 Å². The number of benzene rings is 1. The normalized spacial score (nSPS) is 12.4. The number of carboxylic acid groups (broad SMARTS) is 1. The van der Waals surface area contributed by atoms with Gasteiger partial charge in [-0.15, -0.1) is 0 Å². The van der Waals surface area contributed by atoms with Gasteiger partial charge in [0.2, 0.25) is 0 Å². The molecule has 19 heavy (non-hydrogen) atoms. The third-order valence-corrected chi connectivity index (χ3v) is 2.93. The molecule has 1 atom stereocenters. The molecule has 1 heterocycles. The number of aliphatic hydroxyl groups excluding tert-OH is 1. The van der Waals surface area contributed by atoms with Crippen LogP contribution in [0.1, 0.15) is 22.8 Å². The fourth-order valence-electron chi connectivity index (χ4n) is 2.01. The Morgan fingerprint density at radius 1 is 1.42 bits per heavy atom. The molecular weight excluding hydrogens is 244 g/mol. The summed E-state index contributed by atoms with van der Waals surface area (Å²) in [5.74, 6) is -0.728. The molecule has 0 bridgehead atoms. The van der Waals surface area contributed by atoms with Crippen LogP contribution in [0.25, 0.3) is 10.9 Å². The Morgan fingerprint density at radius 3 is 2.74 bits per heavy atom. The van der Waals surface area contributed by atoms with Crippen LogP contribution in [0.4, 0.5) is 5.82 Å². The molecule has 0 saturated heterocycles. The Labute approximate surface area is 110 Å². The monoisotopic (exact) mass is 260 g/mol. The summed E-state index contributed by atoms with van der Waals surface area (Å²) >= 11 is 0. The van der Waals surface area contributed by atoms with Crippen LogP contribution >= 0.6 is 0 Å². The summed E-state index contributed by atoms with van der Waals surface area (Å²) in [6.07, 6.45) is -0.574. The van der Waals surface area contributed by atoms with Gasteiger partial charge in [-0.25, -0.2) is 9.78 Å². The Balaban J connectivity index is 2.60. The summed E-state index contributed by atoms with van der Waals surface area (Å²) in [6.45, 7) is 3.65. The second-order valence-electron chi connectivity index (χ2n) is 4.51. The SMILES string of the molecule is Cc1c(C(=O)O)c(NC[C@H](C)O)nc2ccccc12. The highest BCUT2D eigenvalue weighted by molar-refractivity contribution is 6.01. The molecule has 5 heteroatoms. The van der Waals surface area contributed by atoms with E-state index in [1.54, 1.807) is 13.8 Å². The van der Waals surface area contributed by atoms with Gasteiger partial charge in [-0.05, 0) is 25.5 Å². The number of para-hydroxylation sites is 1. The van der Waals surface area contributed by atoms with Crippen molar-refractivity contribution in [3.05, 3.63) is 35.4 Å². The smallest absolute Gasteiger partial charge is 0.339 e. The average molecular weight is 260 g/mol. The summed E-state index contributed by atoms with van der Waals surface area (Å²) in [5.41, 5.74) is 1.56.